The number of aliphatic hydroxyl groups is 1. The minimum absolute atomic E-state index is 0.0472. The van der Waals surface area contributed by atoms with Crippen molar-refractivity contribution in [3.05, 3.63) is 53.6 Å². The van der Waals surface area contributed by atoms with E-state index >= 15 is 0 Å². The normalized spacial score (nSPS) is 32.2. The van der Waals surface area contributed by atoms with Crippen molar-refractivity contribution in [2.75, 3.05) is 27.3 Å². The van der Waals surface area contributed by atoms with Crippen LogP contribution in [0.2, 0.25) is 0 Å². The van der Waals surface area contributed by atoms with Gasteiger partial charge in [-0.3, -0.25) is 9.59 Å². The molecule has 15 heteroatoms. The molecular weight excluding hydrogens is 722 g/mol. The maximum Gasteiger partial charge on any atom is 0.471 e. The van der Waals surface area contributed by atoms with Crippen LogP contribution in [-0.4, -0.2) is 101 Å². The van der Waals surface area contributed by atoms with E-state index in [1.54, 1.807) is 42.5 Å². The van der Waals surface area contributed by atoms with Crippen molar-refractivity contribution in [2.24, 2.45) is 0 Å². The van der Waals surface area contributed by atoms with E-state index in [4.69, 9.17) is 18.9 Å². The molecule has 6 atom stereocenters. The fourth-order valence-electron chi connectivity index (χ4n) is 10.2. The van der Waals surface area contributed by atoms with Crippen LogP contribution in [0.4, 0.5) is 26.3 Å². The number of amides is 2. The molecule has 296 valence electrons. The van der Waals surface area contributed by atoms with Crippen molar-refractivity contribution < 1.29 is 60.0 Å². The lowest BCUT2D eigenvalue weighted by molar-refractivity contribution is -0.236. The van der Waals surface area contributed by atoms with Crippen molar-refractivity contribution in [2.45, 2.75) is 130 Å². The summed E-state index contributed by atoms with van der Waals surface area (Å²) in [5.41, 5.74) is -3.38. The van der Waals surface area contributed by atoms with E-state index in [0.717, 1.165) is 29.1 Å². The lowest BCUT2D eigenvalue weighted by atomic mass is 9.62. The number of carbonyl (C=O) groups is 2. The number of benzene rings is 2. The topological polar surface area (TPSA) is 101 Å². The number of carbonyl (C=O) groups excluding carboxylic acids is 2. The van der Waals surface area contributed by atoms with Crippen molar-refractivity contribution in [1.82, 2.24) is 9.80 Å². The fraction of sp³-hybridized carbons (Fsp3) is 0.641. The number of nitrogens with zero attached hydrogens (tertiary/aromatic N) is 2. The molecular formula is C39H46F6N2O7. The SMILES string of the molecule is COc1ccc(C[C@@H]2N(C(=O)C(F)(F)F)CC[C@@]3(Oc4cc(CC[C@@H]5N(C(=O)C(F)(F)F)CC[C@]67CCCC[C@]56O7)ccc4OC)CCCC[C@]23O)cc1. The van der Waals surface area contributed by atoms with Gasteiger partial charge in [-0.2, -0.15) is 26.3 Å². The van der Waals surface area contributed by atoms with Crippen LogP contribution in [0.25, 0.3) is 0 Å². The second-order valence-corrected chi connectivity index (χ2v) is 15.5. The number of ether oxygens (including phenoxy) is 4. The van der Waals surface area contributed by atoms with Gasteiger partial charge in [-0.05, 0) is 93.2 Å². The average molecular weight is 769 g/mol. The Morgan fingerprint density at radius 3 is 2.04 bits per heavy atom. The molecule has 5 fully saturated rings. The van der Waals surface area contributed by atoms with Gasteiger partial charge in [0, 0.05) is 19.5 Å². The third kappa shape index (κ3) is 6.46. The molecule has 2 aromatic rings. The van der Waals surface area contributed by atoms with E-state index < -0.39 is 58.7 Å². The lowest BCUT2D eigenvalue weighted by Gasteiger charge is -2.59. The van der Waals surface area contributed by atoms with Crippen molar-refractivity contribution >= 4 is 11.8 Å². The van der Waals surface area contributed by atoms with Gasteiger partial charge in [-0.1, -0.05) is 37.5 Å². The summed E-state index contributed by atoms with van der Waals surface area (Å²) in [6.07, 6.45) is -5.03. The fourth-order valence-corrected chi connectivity index (χ4v) is 10.2. The molecule has 2 amide bonds. The summed E-state index contributed by atoms with van der Waals surface area (Å²) >= 11 is 0. The molecule has 2 saturated carbocycles. The Bertz CT molecular complexity index is 1740. The van der Waals surface area contributed by atoms with E-state index in [1.807, 2.05) is 0 Å². The number of hydrogen-bond donors (Lipinski definition) is 1. The number of likely N-dealkylation sites (tertiary alicyclic amines) is 2. The quantitative estimate of drug-likeness (QED) is 0.224. The Morgan fingerprint density at radius 2 is 1.37 bits per heavy atom. The van der Waals surface area contributed by atoms with Gasteiger partial charge in [-0.15, -0.1) is 0 Å². The van der Waals surface area contributed by atoms with Gasteiger partial charge in [0.1, 0.15) is 28.2 Å². The van der Waals surface area contributed by atoms with Gasteiger partial charge in [0.2, 0.25) is 0 Å². The second kappa shape index (κ2) is 13.8. The Balaban J connectivity index is 1.19. The van der Waals surface area contributed by atoms with Gasteiger partial charge in [-0.25, -0.2) is 0 Å². The Hall–Kier alpha value is -3.72. The molecule has 7 rings (SSSR count). The van der Waals surface area contributed by atoms with E-state index in [9.17, 15) is 41.0 Å². The molecule has 54 heavy (non-hydrogen) atoms. The standard InChI is InChI=1S/C39H46F6N2O7/c1-51-27-11-7-26(8-12-27)24-31-36(50)17-5-3-15-34(36,19-21-47(31)33(49)39(43,44)45)53-29-23-25(9-13-28(29)52-2)10-14-30-37-18-6-4-16-35(37,54-37)20-22-46(30)32(48)38(40,41)42/h7-9,11-13,23,30-31,50H,3-6,10,14-22,24H2,1-2H3/t30-,31-,34-,35+,36-,37-/m0/s1. The first-order valence-corrected chi connectivity index (χ1v) is 18.7. The van der Waals surface area contributed by atoms with Crippen LogP contribution in [0.1, 0.15) is 81.8 Å². The number of epoxide rings is 1. The Labute approximate surface area is 309 Å². The van der Waals surface area contributed by atoms with E-state index in [1.165, 1.54) is 14.2 Å². The molecule has 0 spiro atoms. The number of hydrogen-bond acceptors (Lipinski definition) is 7. The predicted molar refractivity (Wildman–Crippen MR) is 182 cm³/mol. The molecule has 2 aromatic carbocycles. The van der Waals surface area contributed by atoms with Gasteiger partial charge < -0.3 is 33.9 Å². The third-order valence-corrected chi connectivity index (χ3v) is 12.9. The molecule has 0 aromatic heterocycles. The molecule has 9 nitrogen and oxygen atoms in total. The van der Waals surface area contributed by atoms with Crippen molar-refractivity contribution in [3.8, 4) is 17.2 Å². The summed E-state index contributed by atoms with van der Waals surface area (Å²) in [5.74, 6) is -2.85. The van der Waals surface area contributed by atoms with Gasteiger partial charge >= 0.3 is 24.2 Å². The lowest BCUT2D eigenvalue weighted by Crippen LogP contribution is -2.75. The van der Waals surface area contributed by atoms with Crippen molar-refractivity contribution in [1.29, 1.82) is 0 Å². The smallest absolute Gasteiger partial charge is 0.471 e. The summed E-state index contributed by atoms with van der Waals surface area (Å²) in [6.45, 7) is -0.369. The summed E-state index contributed by atoms with van der Waals surface area (Å²) in [4.78, 5) is 27.2. The van der Waals surface area contributed by atoms with Crippen LogP contribution in [0.15, 0.2) is 42.5 Å². The highest BCUT2D eigenvalue weighted by atomic mass is 19.4. The Kier molecular flexibility index (Phi) is 9.84. The highest BCUT2D eigenvalue weighted by Gasteiger charge is 2.76. The predicted octanol–water partition coefficient (Wildman–Crippen LogP) is 6.71. The van der Waals surface area contributed by atoms with Gasteiger partial charge in [0.05, 0.1) is 26.3 Å². The van der Waals surface area contributed by atoms with Crippen LogP contribution in [-0.2, 0) is 27.2 Å². The van der Waals surface area contributed by atoms with E-state index in [2.05, 4.69) is 0 Å². The molecule has 0 bridgehead atoms. The summed E-state index contributed by atoms with van der Waals surface area (Å²) < 4.78 is 107. The average Bonchev–Trinajstić information content (AvgIpc) is 3.85. The maximum absolute atomic E-state index is 14.0. The van der Waals surface area contributed by atoms with Crippen LogP contribution in [0.5, 0.6) is 17.2 Å². The Morgan fingerprint density at radius 1 is 0.759 bits per heavy atom. The van der Waals surface area contributed by atoms with Gasteiger partial charge in [0.15, 0.2) is 11.5 Å². The minimum Gasteiger partial charge on any atom is -0.497 e. The minimum atomic E-state index is -5.16. The number of methoxy groups -OCH3 is 2. The summed E-state index contributed by atoms with van der Waals surface area (Å²) in [6, 6.07) is 9.70. The first-order valence-electron chi connectivity index (χ1n) is 18.7. The molecule has 0 radical (unpaired) electrons. The highest BCUT2D eigenvalue weighted by Crippen LogP contribution is 2.65. The molecule has 3 saturated heterocycles. The number of halogens is 6. The largest absolute Gasteiger partial charge is 0.497 e. The monoisotopic (exact) mass is 768 g/mol. The number of alkyl halides is 6. The maximum atomic E-state index is 14.0. The molecule has 0 unspecified atom stereocenters. The molecule has 3 aliphatic heterocycles. The summed E-state index contributed by atoms with van der Waals surface area (Å²) in [5, 5.41) is 12.7. The van der Waals surface area contributed by atoms with Crippen LogP contribution in [0.3, 0.4) is 0 Å². The van der Waals surface area contributed by atoms with E-state index in [-0.39, 0.29) is 50.9 Å². The molecule has 3 heterocycles. The number of piperidine rings is 2. The zero-order valence-electron chi connectivity index (χ0n) is 30.4. The van der Waals surface area contributed by atoms with Gasteiger partial charge in [0.25, 0.3) is 0 Å². The molecule has 5 aliphatic rings. The molecule has 2 aliphatic carbocycles. The molecule has 1 N–H and O–H groups in total. The van der Waals surface area contributed by atoms with Crippen LogP contribution >= 0.6 is 0 Å². The van der Waals surface area contributed by atoms with Crippen LogP contribution < -0.4 is 14.2 Å². The first-order chi connectivity index (χ1) is 25.5. The zero-order chi connectivity index (χ0) is 38.7. The summed E-state index contributed by atoms with van der Waals surface area (Å²) in [7, 11) is 2.92. The highest BCUT2D eigenvalue weighted by molar-refractivity contribution is 5.83. The number of rotatable bonds is 9. The van der Waals surface area contributed by atoms with Crippen LogP contribution in [0, 0.1) is 0 Å². The zero-order valence-corrected chi connectivity index (χ0v) is 30.4. The first kappa shape index (κ1) is 38.6. The van der Waals surface area contributed by atoms with E-state index in [0.29, 0.717) is 54.7 Å². The number of aryl methyl sites for hydroxylation is 1. The third-order valence-electron chi connectivity index (χ3n) is 12.9. The second-order valence-electron chi connectivity index (χ2n) is 15.5. The van der Waals surface area contributed by atoms with Crippen molar-refractivity contribution in [3.63, 3.8) is 0 Å². The number of fused-ring (bicyclic) bond motifs is 1.